The highest BCUT2D eigenvalue weighted by Crippen LogP contribution is 2.18. The molecule has 0 aliphatic rings. The van der Waals surface area contributed by atoms with Crippen molar-refractivity contribution in [3.05, 3.63) is 38.9 Å². The van der Waals surface area contributed by atoms with E-state index in [9.17, 15) is 4.79 Å². The molecular formula is C11H10ClN3O2S. The summed E-state index contributed by atoms with van der Waals surface area (Å²) in [7, 11) is 0. The van der Waals surface area contributed by atoms with Gasteiger partial charge in [-0.2, -0.15) is 0 Å². The minimum absolute atomic E-state index is 0.0892. The molecule has 2 aromatic rings. The summed E-state index contributed by atoms with van der Waals surface area (Å²) in [6, 6.07) is 2.87. The molecule has 0 saturated heterocycles. The molecule has 0 spiro atoms. The molecule has 5 nitrogen and oxygen atoms in total. The van der Waals surface area contributed by atoms with Gasteiger partial charge in [0.1, 0.15) is 16.5 Å². The lowest BCUT2D eigenvalue weighted by molar-refractivity contribution is 0.0697. The van der Waals surface area contributed by atoms with Gasteiger partial charge in [-0.15, -0.1) is 11.3 Å². The van der Waals surface area contributed by atoms with Crippen molar-refractivity contribution >= 4 is 34.7 Å². The molecule has 2 rings (SSSR count). The van der Waals surface area contributed by atoms with E-state index < -0.39 is 5.97 Å². The summed E-state index contributed by atoms with van der Waals surface area (Å²) >= 11 is 7.29. The van der Waals surface area contributed by atoms with Crippen LogP contribution in [-0.4, -0.2) is 21.0 Å². The molecule has 0 bridgehead atoms. The Balaban J connectivity index is 2.17. The van der Waals surface area contributed by atoms with Gasteiger partial charge in [-0.3, -0.25) is 0 Å². The van der Waals surface area contributed by atoms with Gasteiger partial charge in [0.2, 0.25) is 0 Å². The van der Waals surface area contributed by atoms with E-state index in [-0.39, 0.29) is 16.5 Å². The van der Waals surface area contributed by atoms with Crippen LogP contribution in [0.1, 0.15) is 21.1 Å². The van der Waals surface area contributed by atoms with Crippen LogP contribution >= 0.6 is 22.9 Å². The predicted octanol–water partition coefficient (Wildman–Crippen LogP) is 2.81. The summed E-state index contributed by atoms with van der Waals surface area (Å²) < 4.78 is 0. The number of carboxylic acid groups (broad SMARTS) is 1. The quantitative estimate of drug-likeness (QED) is 0.844. The summed E-state index contributed by atoms with van der Waals surface area (Å²) in [5.74, 6) is -0.795. The maximum absolute atomic E-state index is 11.0. The molecule has 0 fully saturated rings. The van der Waals surface area contributed by atoms with Gasteiger partial charge in [0.05, 0.1) is 17.2 Å². The second-order valence-corrected chi connectivity index (χ2v) is 5.00. The van der Waals surface area contributed by atoms with Gasteiger partial charge in [0, 0.05) is 5.38 Å². The molecule has 0 unspecified atom stereocenters. The zero-order valence-electron chi connectivity index (χ0n) is 9.48. The van der Waals surface area contributed by atoms with Gasteiger partial charge in [-0.05, 0) is 19.1 Å². The molecule has 0 radical (unpaired) electrons. The highest BCUT2D eigenvalue weighted by atomic mass is 35.5. The third-order valence-corrected chi connectivity index (χ3v) is 3.23. The Morgan fingerprint density at radius 3 is 2.89 bits per heavy atom. The molecule has 94 valence electrons. The van der Waals surface area contributed by atoms with E-state index in [0.29, 0.717) is 6.54 Å². The molecular weight excluding hydrogens is 274 g/mol. The van der Waals surface area contributed by atoms with Crippen molar-refractivity contribution in [2.75, 3.05) is 5.32 Å². The summed E-state index contributed by atoms with van der Waals surface area (Å²) in [6.07, 6.45) is 0. The van der Waals surface area contributed by atoms with Crippen LogP contribution in [0.25, 0.3) is 0 Å². The van der Waals surface area contributed by atoms with Crippen LogP contribution in [-0.2, 0) is 6.54 Å². The minimum atomic E-state index is -1.05. The number of rotatable bonds is 4. The normalized spacial score (nSPS) is 10.3. The number of thiazole rings is 1. The Morgan fingerprint density at radius 1 is 1.50 bits per heavy atom. The average molecular weight is 284 g/mol. The summed E-state index contributed by atoms with van der Waals surface area (Å²) in [6.45, 7) is 2.33. The summed E-state index contributed by atoms with van der Waals surface area (Å²) in [5.41, 5.74) is 0.932. The third-order valence-electron chi connectivity index (χ3n) is 2.20. The number of aromatic carboxylic acids is 1. The van der Waals surface area contributed by atoms with Crippen LogP contribution in [0.15, 0.2) is 17.5 Å². The molecule has 7 heteroatoms. The fraction of sp³-hybridized carbons (Fsp3) is 0.182. The SMILES string of the molecule is Cc1nc(CNc2nc(Cl)ccc2C(=O)O)cs1. The zero-order valence-corrected chi connectivity index (χ0v) is 11.0. The Labute approximate surface area is 112 Å². The van der Waals surface area contributed by atoms with E-state index >= 15 is 0 Å². The Morgan fingerprint density at radius 2 is 2.28 bits per heavy atom. The van der Waals surface area contributed by atoms with Crippen molar-refractivity contribution in [1.29, 1.82) is 0 Å². The topological polar surface area (TPSA) is 75.1 Å². The van der Waals surface area contributed by atoms with Gasteiger partial charge < -0.3 is 10.4 Å². The number of hydrogen-bond acceptors (Lipinski definition) is 5. The lowest BCUT2D eigenvalue weighted by Gasteiger charge is -2.07. The molecule has 0 amide bonds. The first-order valence-electron chi connectivity index (χ1n) is 5.11. The second-order valence-electron chi connectivity index (χ2n) is 3.55. The molecule has 0 aliphatic heterocycles. The fourth-order valence-corrected chi connectivity index (χ4v) is 2.17. The molecule has 18 heavy (non-hydrogen) atoms. The number of hydrogen-bond donors (Lipinski definition) is 2. The van der Waals surface area contributed by atoms with Gasteiger partial charge in [-0.1, -0.05) is 11.6 Å². The highest BCUT2D eigenvalue weighted by molar-refractivity contribution is 7.09. The number of nitrogens with zero attached hydrogens (tertiary/aromatic N) is 2. The average Bonchev–Trinajstić information content (AvgIpc) is 2.72. The molecule has 2 aromatic heterocycles. The van der Waals surface area contributed by atoms with Crippen LogP contribution in [0.3, 0.4) is 0 Å². The van der Waals surface area contributed by atoms with Gasteiger partial charge >= 0.3 is 5.97 Å². The van der Waals surface area contributed by atoms with E-state index in [2.05, 4.69) is 15.3 Å². The Hall–Kier alpha value is -1.66. The second kappa shape index (κ2) is 5.32. The smallest absolute Gasteiger partial charge is 0.339 e. The van der Waals surface area contributed by atoms with E-state index in [1.54, 1.807) is 0 Å². The van der Waals surface area contributed by atoms with Crippen LogP contribution in [0.4, 0.5) is 5.82 Å². The third kappa shape index (κ3) is 2.96. The van der Waals surface area contributed by atoms with Crippen LogP contribution in [0.5, 0.6) is 0 Å². The van der Waals surface area contributed by atoms with E-state index in [4.69, 9.17) is 16.7 Å². The molecule has 0 aliphatic carbocycles. The summed E-state index contributed by atoms with van der Waals surface area (Å²) in [4.78, 5) is 19.2. The number of pyridine rings is 1. The minimum Gasteiger partial charge on any atom is -0.478 e. The van der Waals surface area contributed by atoms with Crippen molar-refractivity contribution in [3.8, 4) is 0 Å². The van der Waals surface area contributed by atoms with Crippen molar-refractivity contribution in [2.24, 2.45) is 0 Å². The van der Waals surface area contributed by atoms with Crippen molar-refractivity contribution in [1.82, 2.24) is 9.97 Å². The Bertz CT molecular complexity index is 585. The number of aryl methyl sites for hydroxylation is 1. The highest BCUT2D eigenvalue weighted by Gasteiger charge is 2.12. The number of aromatic nitrogens is 2. The lowest BCUT2D eigenvalue weighted by Crippen LogP contribution is -2.08. The zero-order chi connectivity index (χ0) is 13.1. The first-order valence-corrected chi connectivity index (χ1v) is 6.37. The van der Waals surface area contributed by atoms with Crippen molar-refractivity contribution in [2.45, 2.75) is 13.5 Å². The van der Waals surface area contributed by atoms with E-state index in [1.165, 1.54) is 23.5 Å². The number of carbonyl (C=O) groups is 1. The molecule has 2 N–H and O–H groups in total. The van der Waals surface area contributed by atoms with Crippen molar-refractivity contribution < 1.29 is 9.90 Å². The Kier molecular flexibility index (Phi) is 3.78. The monoisotopic (exact) mass is 283 g/mol. The molecule has 2 heterocycles. The number of halogens is 1. The molecule has 0 aromatic carbocycles. The van der Waals surface area contributed by atoms with Crippen LogP contribution in [0.2, 0.25) is 5.15 Å². The number of anilines is 1. The van der Waals surface area contributed by atoms with Crippen molar-refractivity contribution in [3.63, 3.8) is 0 Å². The predicted molar refractivity (Wildman–Crippen MR) is 70.4 cm³/mol. The number of nitrogens with one attached hydrogen (secondary N) is 1. The van der Waals surface area contributed by atoms with E-state index in [1.807, 2.05) is 12.3 Å². The van der Waals surface area contributed by atoms with Gasteiger partial charge in [0.15, 0.2) is 0 Å². The molecule has 0 atom stereocenters. The van der Waals surface area contributed by atoms with Crippen LogP contribution in [0, 0.1) is 6.92 Å². The maximum Gasteiger partial charge on any atom is 0.339 e. The fourth-order valence-electron chi connectivity index (χ4n) is 1.41. The molecule has 0 saturated carbocycles. The van der Waals surface area contributed by atoms with Crippen LogP contribution < -0.4 is 5.32 Å². The summed E-state index contributed by atoms with van der Waals surface area (Å²) in [5, 5.41) is 15.1. The number of carboxylic acids is 1. The van der Waals surface area contributed by atoms with E-state index in [0.717, 1.165) is 10.7 Å². The first-order chi connectivity index (χ1) is 8.56. The first kappa shape index (κ1) is 12.8. The standard InChI is InChI=1S/C11H10ClN3O2S/c1-6-14-7(5-18-6)4-13-10-8(11(16)17)2-3-9(12)15-10/h2-3,5H,4H2,1H3,(H,13,15)(H,16,17). The van der Waals surface area contributed by atoms with Gasteiger partial charge in [-0.25, -0.2) is 14.8 Å². The maximum atomic E-state index is 11.0. The lowest BCUT2D eigenvalue weighted by atomic mass is 10.2. The van der Waals surface area contributed by atoms with Gasteiger partial charge in [0.25, 0.3) is 0 Å². The largest absolute Gasteiger partial charge is 0.478 e.